The van der Waals surface area contributed by atoms with Gasteiger partial charge >= 0.3 is 0 Å². The van der Waals surface area contributed by atoms with E-state index in [1.54, 1.807) is 30.3 Å². The third-order valence-electron chi connectivity index (χ3n) is 2.90. The number of hydrogen-bond acceptors (Lipinski definition) is 3. The van der Waals surface area contributed by atoms with Crippen LogP contribution in [0.3, 0.4) is 0 Å². The molecule has 0 fully saturated rings. The first-order chi connectivity index (χ1) is 9.86. The predicted octanol–water partition coefficient (Wildman–Crippen LogP) is 4.46. The summed E-state index contributed by atoms with van der Waals surface area (Å²) in [6, 6.07) is 8.50. The lowest BCUT2D eigenvalue weighted by Crippen LogP contribution is -2.13. The van der Waals surface area contributed by atoms with E-state index in [4.69, 9.17) is 17.3 Å². The highest BCUT2D eigenvalue weighted by atomic mass is 79.9. The van der Waals surface area contributed by atoms with Crippen molar-refractivity contribution < 1.29 is 4.79 Å². The van der Waals surface area contributed by atoms with Gasteiger partial charge in [0, 0.05) is 21.4 Å². The van der Waals surface area contributed by atoms with Gasteiger partial charge in [0.05, 0.1) is 5.02 Å². The summed E-state index contributed by atoms with van der Waals surface area (Å²) >= 11 is 9.25. The minimum atomic E-state index is -0.236. The Labute approximate surface area is 136 Å². The molecule has 2 aromatic rings. The lowest BCUT2D eigenvalue weighted by molar-refractivity contribution is 0.102. The molecule has 1 heterocycles. The summed E-state index contributed by atoms with van der Waals surface area (Å²) < 4.78 is 0.721. The second kappa shape index (κ2) is 6.45. The van der Waals surface area contributed by atoms with Crippen molar-refractivity contribution in [2.45, 2.75) is 19.8 Å². The Morgan fingerprint density at radius 3 is 2.67 bits per heavy atom. The van der Waals surface area contributed by atoms with Crippen molar-refractivity contribution in [3.8, 4) is 0 Å². The van der Waals surface area contributed by atoms with Crippen LogP contribution in [0.15, 0.2) is 34.8 Å². The maximum atomic E-state index is 12.3. The van der Waals surface area contributed by atoms with Crippen LogP contribution in [0.2, 0.25) is 5.02 Å². The van der Waals surface area contributed by atoms with Gasteiger partial charge in [-0.1, -0.05) is 25.4 Å². The number of pyridine rings is 1. The number of nitrogens with zero attached hydrogens (tertiary/aromatic N) is 1. The Morgan fingerprint density at radius 2 is 2.05 bits per heavy atom. The Hall–Kier alpha value is -1.59. The summed E-state index contributed by atoms with van der Waals surface area (Å²) in [5.41, 5.74) is 7.68. The zero-order chi connectivity index (χ0) is 15.6. The van der Waals surface area contributed by atoms with Gasteiger partial charge in [-0.05, 0) is 52.2 Å². The monoisotopic (exact) mass is 367 g/mol. The van der Waals surface area contributed by atoms with Crippen LogP contribution in [0, 0.1) is 0 Å². The number of nitrogen functional groups attached to an aromatic ring is 1. The highest BCUT2D eigenvalue weighted by Gasteiger charge is 2.11. The number of nitrogens with one attached hydrogen (secondary N) is 1. The van der Waals surface area contributed by atoms with Crippen molar-refractivity contribution in [2.24, 2.45) is 0 Å². The molecule has 1 amide bonds. The van der Waals surface area contributed by atoms with Crippen molar-refractivity contribution in [2.75, 3.05) is 11.1 Å². The minimum Gasteiger partial charge on any atom is -0.384 e. The van der Waals surface area contributed by atoms with E-state index in [2.05, 4.69) is 26.2 Å². The summed E-state index contributed by atoms with van der Waals surface area (Å²) in [4.78, 5) is 16.5. The minimum absolute atomic E-state index is 0.199. The molecular formula is C15H15BrClN3O. The number of benzene rings is 1. The summed E-state index contributed by atoms with van der Waals surface area (Å²) in [6.07, 6.45) is 0. The van der Waals surface area contributed by atoms with Crippen LogP contribution in [0.5, 0.6) is 0 Å². The van der Waals surface area contributed by atoms with Crippen molar-refractivity contribution in [3.05, 3.63) is 51.1 Å². The highest BCUT2D eigenvalue weighted by Crippen LogP contribution is 2.26. The number of hydrogen-bond donors (Lipinski definition) is 2. The average Bonchev–Trinajstić information content (AvgIpc) is 2.42. The molecule has 21 heavy (non-hydrogen) atoms. The Bertz CT molecular complexity index is 689. The molecule has 1 aromatic heterocycles. The van der Waals surface area contributed by atoms with E-state index in [1.807, 2.05) is 13.8 Å². The van der Waals surface area contributed by atoms with Crippen LogP contribution in [-0.2, 0) is 0 Å². The largest absolute Gasteiger partial charge is 0.384 e. The lowest BCUT2D eigenvalue weighted by Gasteiger charge is -2.10. The molecule has 0 aliphatic carbocycles. The van der Waals surface area contributed by atoms with Crippen LogP contribution >= 0.6 is 27.5 Å². The van der Waals surface area contributed by atoms with Crippen LogP contribution in [0.1, 0.15) is 35.8 Å². The van der Waals surface area contributed by atoms with Gasteiger partial charge in [0.2, 0.25) is 0 Å². The number of amides is 1. The standard InChI is InChI=1S/C15H15BrClN3O/c1-8(2)13-5-9(6-14(18)20-13)15(21)19-10-3-4-12(17)11(16)7-10/h3-8H,1-2H3,(H2,18,20)(H,19,21). The molecular weight excluding hydrogens is 354 g/mol. The van der Waals surface area contributed by atoms with Crippen LogP contribution in [0.25, 0.3) is 0 Å². The summed E-state index contributed by atoms with van der Waals surface area (Å²) in [5.74, 6) is 0.300. The van der Waals surface area contributed by atoms with Crippen molar-refractivity contribution in [1.82, 2.24) is 4.98 Å². The first-order valence-electron chi connectivity index (χ1n) is 6.40. The van der Waals surface area contributed by atoms with Gasteiger partial charge in [-0.2, -0.15) is 0 Å². The second-order valence-electron chi connectivity index (χ2n) is 4.94. The molecule has 0 atom stereocenters. The van der Waals surface area contributed by atoms with E-state index in [1.165, 1.54) is 0 Å². The first kappa shape index (κ1) is 15.8. The smallest absolute Gasteiger partial charge is 0.255 e. The van der Waals surface area contributed by atoms with E-state index in [0.29, 0.717) is 22.1 Å². The highest BCUT2D eigenvalue weighted by molar-refractivity contribution is 9.10. The van der Waals surface area contributed by atoms with Gasteiger partial charge in [0.15, 0.2) is 0 Å². The molecule has 0 saturated carbocycles. The zero-order valence-electron chi connectivity index (χ0n) is 11.7. The molecule has 0 radical (unpaired) electrons. The van der Waals surface area contributed by atoms with Crippen LogP contribution in [0.4, 0.5) is 11.5 Å². The Balaban J connectivity index is 2.25. The maximum Gasteiger partial charge on any atom is 0.255 e. The van der Waals surface area contributed by atoms with Crippen molar-refractivity contribution in [1.29, 1.82) is 0 Å². The van der Waals surface area contributed by atoms with E-state index in [0.717, 1.165) is 10.2 Å². The molecule has 0 aliphatic rings. The molecule has 0 bridgehead atoms. The molecule has 2 rings (SSSR count). The quantitative estimate of drug-likeness (QED) is 0.840. The van der Waals surface area contributed by atoms with E-state index >= 15 is 0 Å². The molecule has 0 saturated heterocycles. The number of nitrogens with two attached hydrogens (primary N) is 1. The zero-order valence-corrected chi connectivity index (χ0v) is 14.0. The van der Waals surface area contributed by atoms with Crippen LogP contribution < -0.4 is 11.1 Å². The fraction of sp³-hybridized carbons (Fsp3) is 0.200. The Morgan fingerprint density at radius 1 is 1.33 bits per heavy atom. The number of carbonyl (C=O) groups excluding carboxylic acids is 1. The van der Waals surface area contributed by atoms with E-state index < -0.39 is 0 Å². The van der Waals surface area contributed by atoms with Gasteiger partial charge in [0.25, 0.3) is 5.91 Å². The molecule has 110 valence electrons. The summed E-state index contributed by atoms with van der Waals surface area (Å²) in [7, 11) is 0. The summed E-state index contributed by atoms with van der Waals surface area (Å²) in [5, 5.41) is 3.40. The number of anilines is 2. The first-order valence-corrected chi connectivity index (χ1v) is 7.58. The number of carbonyl (C=O) groups is 1. The molecule has 0 spiro atoms. The third-order valence-corrected chi connectivity index (χ3v) is 4.11. The predicted molar refractivity (Wildman–Crippen MR) is 89.8 cm³/mol. The lowest BCUT2D eigenvalue weighted by atomic mass is 10.1. The van der Waals surface area contributed by atoms with Gasteiger partial charge in [-0.15, -0.1) is 0 Å². The normalized spacial score (nSPS) is 10.7. The van der Waals surface area contributed by atoms with E-state index in [9.17, 15) is 4.79 Å². The molecule has 0 aliphatic heterocycles. The van der Waals surface area contributed by atoms with E-state index in [-0.39, 0.29) is 11.8 Å². The number of aromatic nitrogens is 1. The Kier molecular flexibility index (Phi) is 4.85. The van der Waals surface area contributed by atoms with Gasteiger partial charge < -0.3 is 11.1 Å². The van der Waals surface area contributed by atoms with Crippen molar-refractivity contribution >= 4 is 44.9 Å². The molecule has 4 nitrogen and oxygen atoms in total. The SMILES string of the molecule is CC(C)c1cc(C(=O)Nc2ccc(Cl)c(Br)c2)cc(N)n1. The van der Waals surface area contributed by atoms with Crippen LogP contribution in [-0.4, -0.2) is 10.9 Å². The van der Waals surface area contributed by atoms with Gasteiger partial charge in [0.1, 0.15) is 5.82 Å². The topological polar surface area (TPSA) is 68.0 Å². The molecule has 6 heteroatoms. The second-order valence-corrected chi connectivity index (χ2v) is 6.20. The maximum absolute atomic E-state index is 12.3. The number of halogens is 2. The molecule has 3 N–H and O–H groups in total. The number of rotatable bonds is 3. The fourth-order valence-electron chi connectivity index (χ4n) is 1.78. The summed E-state index contributed by atoms with van der Waals surface area (Å²) in [6.45, 7) is 4.00. The van der Waals surface area contributed by atoms with Gasteiger partial charge in [-0.25, -0.2) is 4.98 Å². The third kappa shape index (κ3) is 3.95. The molecule has 1 aromatic carbocycles. The fourth-order valence-corrected chi connectivity index (χ4v) is 2.27. The average molecular weight is 369 g/mol. The molecule has 0 unspecified atom stereocenters. The van der Waals surface area contributed by atoms with Crippen molar-refractivity contribution in [3.63, 3.8) is 0 Å². The van der Waals surface area contributed by atoms with Gasteiger partial charge in [-0.3, -0.25) is 4.79 Å².